The number of ether oxygens (including phenoxy) is 1. The predicted molar refractivity (Wildman–Crippen MR) is 83.1 cm³/mol. The van der Waals surface area contributed by atoms with Crippen molar-refractivity contribution in [2.45, 2.75) is 11.3 Å². The molecule has 0 aliphatic carbocycles. The van der Waals surface area contributed by atoms with Crippen LogP contribution in [0.5, 0.6) is 5.75 Å². The van der Waals surface area contributed by atoms with Crippen molar-refractivity contribution in [2.75, 3.05) is 18.1 Å². The van der Waals surface area contributed by atoms with Crippen molar-refractivity contribution in [2.24, 2.45) is 0 Å². The molecule has 0 fully saturated rings. The fourth-order valence-corrected chi connectivity index (χ4v) is 2.78. The van der Waals surface area contributed by atoms with Gasteiger partial charge in [-0.15, -0.1) is 11.8 Å². The molecule has 2 rings (SSSR count). The second-order valence-corrected chi connectivity index (χ2v) is 5.74. The lowest BCUT2D eigenvalue weighted by atomic mass is 10.3. The molecule has 5 heteroatoms. The lowest BCUT2D eigenvalue weighted by molar-refractivity contribution is 0.318. The van der Waals surface area contributed by atoms with Gasteiger partial charge in [0.05, 0.1) is 11.6 Å². The molecule has 0 spiro atoms. The minimum absolute atomic E-state index is 0.260. The Morgan fingerprint density at radius 1 is 1.15 bits per heavy atom. The standard InChI is InChI=1S/C15H15ClFNOS/c16-14-7-4-12(18)10-15(14)20-9-1-8-19-13-5-2-11(17)3-6-13/h2-7,10H,1,8-9,18H2. The number of hydrogen-bond acceptors (Lipinski definition) is 3. The molecule has 2 N–H and O–H groups in total. The molecule has 2 nitrogen and oxygen atoms in total. The molecule has 0 unspecified atom stereocenters. The molecule has 0 aromatic heterocycles. The Kier molecular flexibility index (Phi) is 5.56. The highest BCUT2D eigenvalue weighted by atomic mass is 35.5. The molecule has 0 radical (unpaired) electrons. The average molecular weight is 312 g/mol. The van der Waals surface area contributed by atoms with Gasteiger partial charge in [0.2, 0.25) is 0 Å². The highest BCUT2D eigenvalue weighted by Gasteiger charge is 2.02. The van der Waals surface area contributed by atoms with Gasteiger partial charge in [-0.2, -0.15) is 0 Å². The number of halogens is 2. The zero-order valence-corrected chi connectivity index (χ0v) is 12.4. The smallest absolute Gasteiger partial charge is 0.123 e. The van der Waals surface area contributed by atoms with Crippen molar-refractivity contribution in [1.82, 2.24) is 0 Å². The molecule has 0 saturated heterocycles. The molecule has 0 atom stereocenters. The molecule has 0 saturated carbocycles. The van der Waals surface area contributed by atoms with Crippen molar-refractivity contribution in [3.05, 3.63) is 53.3 Å². The summed E-state index contributed by atoms with van der Waals surface area (Å²) in [4.78, 5) is 0.980. The van der Waals surface area contributed by atoms with Crippen LogP contribution in [0, 0.1) is 5.82 Å². The molecule has 2 aromatic rings. The first-order chi connectivity index (χ1) is 9.65. The number of thioether (sulfide) groups is 1. The van der Waals surface area contributed by atoms with Gasteiger partial charge in [0.25, 0.3) is 0 Å². The summed E-state index contributed by atoms with van der Waals surface area (Å²) in [6, 6.07) is 11.5. The number of nitrogens with two attached hydrogens (primary N) is 1. The summed E-state index contributed by atoms with van der Waals surface area (Å²) in [6.07, 6.45) is 0.868. The van der Waals surface area contributed by atoms with Crippen LogP contribution in [0.15, 0.2) is 47.4 Å². The van der Waals surface area contributed by atoms with Gasteiger partial charge in [-0.25, -0.2) is 4.39 Å². The molecule has 2 aromatic carbocycles. The topological polar surface area (TPSA) is 35.2 Å². The Morgan fingerprint density at radius 3 is 2.65 bits per heavy atom. The Morgan fingerprint density at radius 2 is 1.90 bits per heavy atom. The molecule has 0 bridgehead atoms. The summed E-state index contributed by atoms with van der Waals surface area (Å²) in [5.74, 6) is 1.30. The van der Waals surface area contributed by atoms with E-state index in [4.69, 9.17) is 22.1 Å². The van der Waals surface area contributed by atoms with E-state index in [1.54, 1.807) is 36.0 Å². The Hall–Kier alpha value is -1.39. The van der Waals surface area contributed by atoms with Crippen LogP contribution < -0.4 is 10.5 Å². The second-order valence-electron chi connectivity index (χ2n) is 4.19. The number of nitrogen functional groups attached to an aromatic ring is 1. The molecule has 106 valence electrons. The van der Waals surface area contributed by atoms with Crippen molar-refractivity contribution in [3.63, 3.8) is 0 Å². The zero-order valence-electron chi connectivity index (χ0n) is 10.8. The molecule has 20 heavy (non-hydrogen) atoms. The van der Waals surface area contributed by atoms with Gasteiger partial charge >= 0.3 is 0 Å². The SMILES string of the molecule is Nc1ccc(Cl)c(SCCCOc2ccc(F)cc2)c1. The average Bonchev–Trinajstić information content (AvgIpc) is 2.44. The van der Waals surface area contributed by atoms with Gasteiger partial charge < -0.3 is 10.5 Å². The molecule has 0 aliphatic heterocycles. The van der Waals surface area contributed by atoms with E-state index in [0.29, 0.717) is 23.1 Å². The quantitative estimate of drug-likeness (QED) is 0.480. The maximum atomic E-state index is 12.7. The first kappa shape index (κ1) is 15.0. The Balaban J connectivity index is 1.71. The lowest BCUT2D eigenvalue weighted by Crippen LogP contribution is -1.98. The summed E-state index contributed by atoms with van der Waals surface area (Å²) < 4.78 is 18.2. The van der Waals surface area contributed by atoms with Crippen LogP contribution in [-0.4, -0.2) is 12.4 Å². The number of rotatable bonds is 6. The fraction of sp³-hybridized carbons (Fsp3) is 0.200. The van der Waals surface area contributed by atoms with Crippen LogP contribution >= 0.6 is 23.4 Å². The van der Waals surface area contributed by atoms with Crippen LogP contribution in [0.4, 0.5) is 10.1 Å². The van der Waals surface area contributed by atoms with Gasteiger partial charge in [-0.05, 0) is 48.9 Å². The third-order valence-electron chi connectivity index (χ3n) is 2.58. The normalized spacial score (nSPS) is 10.5. The minimum atomic E-state index is -0.260. The van der Waals surface area contributed by atoms with E-state index in [-0.39, 0.29) is 5.82 Å². The van der Waals surface area contributed by atoms with Crippen LogP contribution in [-0.2, 0) is 0 Å². The van der Waals surface area contributed by atoms with Gasteiger partial charge in [0.1, 0.15) is 11.6 Å². The summed E-state index contributed by atoms with van der Waals surface area (Å²) >= 11 is 7.72. The van der Waals surface area contributed by atoms with Crippen molar-refractivity contribution >= 4 is 29.1 Å². The lowest BCUT2D eigenvalue weighted by Gasteiger charge is -2.07. The summed E-state index contributed by atoms with van der Waals surface area (Å²) in [5, 5.41) is 0.712. The zero-order chi connectivity index (χ0) is 14.4. The van der Waals surface area contributed by atoms with E-state index >= 15 is 0 Å². The van der Waals surface area contributed by atoms with E-state index in [9.17, 15) is 4.39 Å². The van der Waals surface area contributed by atoms with Gasteiger partial charge in [-0.3, -0.25) is 0 Å². The Bertz CT molecular complexity index is 562. The molecular weight excluding hydrogens is 297 g/mol. The first-order valence-electron chi connectivity index (χ1n) is 6.21. The highest BCUT2D eigenvalue weighted by molar-refractivity contribution is 7.99. The number of hydrogen-bond donors (Lipinski definition) is 1. The van der Waals surface area contributed by atoms with E-state index in [2.05, 4.69) is 0 Å². The molecule has 0 heterocycles. The maximum absolute atomic E-state index is 12.7. The van der Waals surface area contributed by atoms with E-state index in [1.807, 2.05) is 6.07 Å². The largest absolute Gasteiger partial charge is 0.494 e. The van der Waals surface area contributed by atoms with Gasteiger partial charge in [-0.1, -0.05) is 11.6 Å². The van der Waals surface area contributed by atoms with Crippen LogP contribution in [0.2, 0.25) is 5.02 Å². The molecule has 0 aliphatic rings. The minimum Gasteiger partial charge on any atom is -0.494 e. The Labute approximate surface area is 127 Å². The third-order valence-corrected chi connectivity index (χ3v) is 4.17. The van der Waals surface area contributed by atoms with Crippen LogP contribution in [0.3, 0.4) is 0 Å². The van der Waals surface area contributed by atoms with Gasteiger partial charge in [0.15, 0.2) is 0 Å². The molecule has 0 amide bonds. The highest BCUT2D eigenvalue weighted by Crippen LogP contribution is 2.29. The first-order valence-corrected chi connectivity index (χ1v) is 7.58. The number of anilines is 1. The van der Waals surface area contributed by atoms with E-state index < -0.39 is 0 Å². The van der Waals surface area contributed by atoms with E-state index in [0.717, 1.165) is 17.1 Å². The number of benzene rings is 2. The summed E-state index contributed by atoms with van der Waals surface area (Å²) in [7, 11) is 0. The van der Waals surface area contributed by atoms with Crippen LogP contribution in [0.25, 0.3) is 0 Å². The van der Waals surface area contributed by atoms with Crippen LogP contribution in [0.1, 0.15) is 6.42 Å². The summed E-state index contributed by atoms with van der Waals surface area (Å²) in [6.45, 7) is 0.582. The molecular formula is C15H15ClFNOS. The van der Waals surface area contributed by atoms with E-state index in [1.165, 1.54) is 12.1 Å². The fourth-order valence-electron chi connectivity index (χ4n) is 1.59. The third kappa shape index (κ3) is 4.62. The second kappa shape index (κ2) is 7.41. The predicted octanol–water partition coefficient (Wildman–Crippen LogP) is 4.62. The van der Waals surface area contributed by atoms with Crippen molar-refractivity contribution < 1.29 is 9.13 Å². The monoisotopic (exact) mass is 311 g/mol. The van der Waals surface area contributed by atoms with Crippen molar-refractivity contribution in [3.8, 4) is 5.75 Å². The van der Waals surface area contributed by atoms with Gasteiger partial charge in [0, 0.05) is 16.3 Å². The maximum Gasteiger partial charge on any atom is 0.123 e. The van der Waals surface area contributed by atoms with Crippen molar-refractivity contribution in [1.29, 1.82) is 0 Å². The summed E-state index contributed by atoms with van der Waals surface area (Å²) in [5.41, 5.74) is 6.43.